The summed E-state index contributed by atoms with van der Waals surface area (Å²) in [4.78, 5) is 34.0. The van der Waals surface area contributed by atoms with Crippen molar-refractivity contribution in [3.05, 3.63) is 72.2 Å². The van der Waals surface area contributed by atoms with Crippen LogP contribution >= 0.6 is 0 Å². The van der Waals surface area contributed by atoms with E-state index in [0.717, 1.165) is 17.7 Å². The quantitative estimate of drug-likeness (QED) is 0.625. The highest BCUT2D eigenvalue weighted by molar-refractivity contribution is 6.52. The number of hydrogen-bond acceptors (Lipinski definition) is 5. The number of anilines is 1. The molecule has 3 aromatic rings. The second-order valence-corrected chi connectivity index (χ2v) is 6.23. The maximum atomic E-state index is 12.4. The van der Waals surface area contributed by atoms with Crippen molar-refractivity contribution < 1.29 is 27.5 Å². The average Bonchev–Trinajstić information content (AvgIpc) is 2.93. The van der Waals surface area contributed by atoms with Gasteiger partial charge in [-0.1, -0.05) is 6.07 Å². The summed E-state index contributed by atoms with van der Waals surface area (Å²) in [5.41, 5.74) is 2.36. The van der Waals surface area contributed by atoms with Crippen LogP contribution in [0.1, 0.15) is 15.9 Å². The number of alkyl halides is 3. The normalized spacial score (nSPS) is 13.6. The third kappa shape index (κ3) is 3.79. The monoisotopic (exact) mass is 399 g/mol. The maximum Gasteiger partial charge on any atom is 0.573 e. The molecule has 0 aliphatic carbocycles. The molecule has 0 radical (unpaired) electrons. The van der Waals surface area contributed by atoms with E-state index in [1.165, 1.54) is 11.0 Å². The van der Waals surface area contributed by atoms with Crippen molar-refractivity contribution in [3.8, 4) is 17.0 Å². The smallest absolute Gasteiger partial charge is 0.406 e. The Labute approximate surface area is 162 Å². The lowest BCUT2D eigenvalue weighted by Gasteiger charge is -2.17. The minimum Gasteiger partial charge on any atom is -0.406 e. The predicted octanol–water partition coefficient (Wildman–Crippen LogP) is 3.77. The lowest BCUT2D eigenvalue weighted by atomic mass is 10.1. The van der Waals surface area contributed by atoms with Crippen LogP contribution < -0.4 is 9.64 Å². The fourth-order valence-electron chi connectivity index (χ4n) is 3.03. The van der Waals surface area contributed by atoms with Gasteiger partial charge in [0.15, 0.2) is 0 Å². The molecule has 146 valence electrons. The van der Waals surface area contributed by atoms with Crippen LogP contribution in [0.5, 0.6) is 5.75 Å². The summed E-state index contributed by atoms with van der Waals surface area (Å²) in [6.45, 7) is 0.0562. The van der Waals surface area contributed by atoms with Gasteiger partial charge in [-0.2, -0.15) is 0 Å². The highest BCUT2D eigenvalue weighted by Crippen LogP contribution is 2.35. The van der Waals surface area contributed by atoms with Crippen LogP contribution in [0, 0.1) is 0 Å². The zero-order valence-electron chi connectivity index (χ0n) is 14.7. The number of ether oxygens (including phenoxy) is 1. The van der Waals surface area contributed by atoms with Gasteiger partial charge < -0.3 is 9.64 Å². The van der Waals surface area contributed by atoms with Crippen molar-refractivity contribution in [1.82, 2.24) is 9.97 Å². The van der Waals surface area contributed by atoms with Gasteiger partial charge >= 0.3 is 6.36 Å². The number of pyridine rings is 2. The van der Waals surface area contributed by atoms with Crippen LogP contribution in [-0.4, -0.2) is 28.0 Å². The molecule has 9 heteroatoms. The lowest BCUT2D eigenvalue weighted by molar-refractivity contribution is -0.274. The van der Waals surface area contributed by atoms with Crippen LogP contribution in [0.25, 0.3) is 11.3 Å². The number of amides is 1. The number of ketones is 1. The number of fused-ring (bicyclic) bond motifs is 1. The summed E-state index contributed by atoms with van der Waals surface area (Å²) in [6.07, 6.45) is -0.0191. The van der Waals surface area contributed by atoms with Crippen LogP contribution in [0.4, 0.5) is 18.9 Å². The number of Topliss-reactive ketones (excluding diaryl/α,β-unsaturated/α-hetero) is 1. The molecule has 0 saturated carbocycles. The first-order valence-electron chi connectivity index (χ1n) is 8.43. The molecule has 1 aliphatic heterocycles. The van der Waals surface area contributed by atoms with Gasteiger partial charge in [-0.25, -0.2) is 0 Å². The van der Waals surface area contributed by atoms with Gasteiger partial charge in [-0.15, -0.1) is 13.2 Å². The zero-order chi connectivity index (χ0) is 20.6. The van der Waals surface area contributed by atoms with E-state index in [1.807, 2.05) is 12.1 Å². The molecule has 0 fully saturated rings. The van der Waals surface area contributed by atoms with E-state index in [1.54, 1.807) is 30.7 Å². The summed E-state index contributed by atoms with van der Waals surface area (Å²) in [5.74, 6) is -2.25. The highest BCUT2D eigenvalue weighted by Gasteiger charge is 2.37. The number of hydrogen-bond donors (Lipinski definition) is 0. The Balaban J connectivity index is 1.57. The molecule has 0 spiro atoms. The Morgan fingerprint density at radius 1 is 1.00 bits per heavy atom. The van der Waals surface area contributed by atoms with Crippen LogP contribution in [0.15, 0.2) is 61.1 Å². The van der Waals surface area contributed by atoms with Gasteiger partial charge in [0.2, 0.25) is 0 Å². The predicted molar refractivity (Wildman–Crippen MR) is 96.1 cm³/mol. The van der Waals surface area contributed by atoms with Gasteiger partial charge in [-0.3, -0.25) is 19.6 Å². The van der Waals surface area contributed by atoms with Crippen molar-refractivity contribution >= 4 is 17.4 Å². The fourth-order valence-corrected chi connectivity index (χ4v) is 3.03. The van der Waals surface area contributed by atoms with Crippen LogP contribution in [0.3, 0.4) is 0 Å². The molecule has 2 aromatic heterocycles. The lowest BCUT2D eigenvalue weighted by Crippen LogP contribution is -2.29. The second kappa shape index (κ2) is 7.01. The van der Waals surface area contributed by atoms with Gasteiger partial charge in [-0.05, 0) is 42.0 Å². The van der Waals surface area contributed by atoms with E-state index < -0.39 is 23.8 Å². The largest absolute Gasteiger partial charge is 0.573 e. The van der Waals surface area contributed by atoms with Crippen molar-refractivity contribution in [3.63, 3.8) is 0 Å². The minimum absolute atomic E-state index is 0.0562. The molecule has 0 bridgehead atoms. The molecule has 6 nitrogen and oxygen atoms in total. The van der Waals surface area contributed by atoms with E-state index >= 15 is 0 Å². The Hall–Kier alpha value is -3.75. The number of aromatic nitrogens is 2. The first-order chi connectivity index (χ1) is 13.8. The number of carbonyl (C=O) groups is 2. The van der Waals surface area contributed by atoms with Crippen LogP contribution in [0.2, 0.25) is 0 Å². The minimum atomic E-state index is -4.89. The molecule has 1 aromatic carbocycles. The second-order valence-electron chi connectivity index (χ2n) is 6.23. The van der Waals surface area contributed by atoms with Crippen molar-refractivity contribution in [2.45, 2.75) is 12.9 Å². The van der Waals surface area contributed by atoms with Crippen LogP contribution in [-0.2, 0) is 11.3 Å². The molecular formula is C20H12F3N3O3. The van der Waals surface area contributed by atoms with Gasteiger partial charge in [0, 0.05) is 24.2 Å². The fraction of sp³-hybridized carbons (Fsp3) is 0.100. The first kappa shape index (κ1) is 18.6. The average molecular weight is 399 g/mol. The molecule has 0 N–H and O–H groups in total. The zero-order valence-corrected chi connectivity index (χ0v) is 14.7. The molecule has 3 heterocycles. The van der Waals surface area contributed by atoms with Gasteiger partial charge in [0.25, 0.3) is 11.7 Å². The van der Waals surface area contributed by atoms with E-state index in [0.29, 0.717) is 11.3 Å². The highest BCUT2D eigenvalue weighted by atomic mass is 19.4. The molecule has 1 amide bonds. The van der Waals surface area contributed by atoms with Crippen molar-refractivity contribution in [2.75, 3.05) is 4.90 Å². The SMILES string of the molecule is O=C1C(=O)N(Cc2ccc(-c3ccncc3)nc2)c2ccc(OC(F)(F)F)cc21. The Morgan fingerprint density at radius 3 is 2.41 bits per heavy atom. The molecule has 0 saturated heterocycles. The summed E-state index contributed by atoms with van der Waals surface area (Å²) in [6, 6.07) is 10.4. The number of carbonyl (C=O) groups excluding carboxylic acids is 2. The maximum absolute atomic E-state index is 12.4. The van der Waals surface area contributed by atoms with E-state index in [-0.39, 0.29) is 17.8 Å². The van der Waals surface area contributed by atoms with Gasteiger partial charge in [0.1, 0.15) is 5.75 Å². The number of rotatable bonds is 4. The number of halogens is 3. The van der Waals surface area contributed by atoms with E-state index in [9.17, 15) is 22.8 Å². The molecule has 0 atom stereocenters. The Morgan fingerprint density at radius 2 is 1.76 bits per heavy atom. The summed E-state index contributed by atoms with van der Waals surface area (Å²) >= 11 is 0. The van der Waals surface area contributed by atoms with Crippen molar-refractivity contribution in [1.29, 1.82) is 0 Å². The molecule has 29 heavy (non-hydrogen) atoms. The topological polar surface area (TPSA) is 72.4 Å². The summed E-state index contributed by atoms with van der Waals surface area (Å²) < 4.78 is 41.0. The Bertz CT molecular complexity index is 1080. The summed E-state index contributed by atoms with van der Waals surface area (Å²) in [5, 5.41) is 0. The molecule has 1 aliphatic rings. The molecular weight excluding hydrogens is 387 g/mol. The molecule has 4 rings (SSSR count). The number of benzene rings is 1. The number of nitrogens with zero attached hydrogens (tertiary/aromatic N) is 3. The standard InChI is InChI=1S/C20H12F3N3O3/c21-20(22,23)29-14-2-4-17-15(9-14)18(27)19(28)26(17)11-12-1-3-16(25-10-12)13-5-7-24-8-6-13/h1-10H,11H2. The van der Waals surface area contributed by atoms with E-state index in [4.69, 9.17) is 0 Å². The molecule has 0 unspecified atom stereocenters. The van der Waals surface area contributed by atoms with Crippen molar-refractivity contribution in [2.24, 2.45) is 0 Å². The Kier molecular flexibility index (Phi) is 4.50. The third-order valence-electron chi connectivity index (χ3n) is 4.32. The van der Waals surface area contributed by atoms with E-state index in [2.05, 4.69) is 14.7 Å². The third-order valence-corrected chi connectivity index (χ3v) is 4.32. The summed E-state index contributed by atoms with van der Waals surface area (Å²) in [7, 11) is 0. The van der Waals surface area contributed by atoms with Gasteiger partial charge in [0.05, 0.1) is 23.5 Å². The first-order valence-corrected chi connectivity index (χ1v) is 8.43.